The van der Waals surface area contributed by atoms with Gasteiger partial charge in [-0.15, -0.1) is 10.8 Å². The molecule has 0 radical (unpaired) electrons. The first kappa shape index (κ1) is 29.8. The molecule has 4 aliphatic carbocycles. The second-order valence-corrected chi connectivity index (χ2v) is 15.5. The van der Waals surface area contributed by atoms with E-state index >= 15 is 0 Å². The van der Waals surface area contributed by atoms with E-state index in [1.165, 1.54) is 38.5 Å². The first-order chi connectivity index (χ1) is 20.2. The van der Waals surface area contributed by atoms with Gasteiger partial charge in [-0.1, -0.05) is 30.3 Å². The summed E-state index contributed by atoms with van der Waals surface area (Å²) in [4.78, 5) is 13.8. The zero-order chi connectivity index (χ0) is 29.3. The Hall–Kier alpha value is -2.30. The van der Waals surface area contributed by atoms with Crippen LogP contribution in [-0.4, -0.2) is 63.2 Å². The first-order valence-corrected chi connectivity index (χ1v) is 17.6. The molecule has 1 saturated heterocycles. The fraction of sp³-hybridized carbons (Fsp3) is 0.606. The number of carbonyl (C=O) groups is 1. The molecule has 5 aliphatic rings. The van der Waals surface area contributed by atoms with E-state index in [9.17, 15) is 19.0 Å². The van der Waals surface area contributed by atoms with Crippen molar-refractivity contribution in [3.63, 3.8) is 0 Å². The van der Waals surface area contributed by atoms with Crippen molar-refractivity contribution in [2.24, 2.45) is 17.8 Å². The number of amides is 1. The highest BCUT2D eigenvalue weighted by atomic mass is 32.3. The number of aliphatic hydroxyl groups is 1. The number of rotatable bonds is 11. The van der Waals surface area contributed by atoms with Crippen molar-refractivity contribution in [2.75, 3.05) is 35.0 Å². The smallest absolute Gasteiger partial charge is 0.251 e. The fourth-order valence-corrected chi connectivity index (χ4v) is 10.2. The van der Waals surface area contributed by atoms with Crippen LogP contribution in [0.5, 0.6) is 0 Å². The van der Waals surface area contributed by atoms with Gasteiger partial charge in [-0.3, -0.25) is 18.2 Å². The predicted octanol–water partition coefficient (Wildman–Crippen LogP) is 5.64. The van der Waals surface area contributed by atoms with Gasteiger partial charge in [0.2, 0.25) is 0 Å². The number of carbonyl (C=O) groups excluding carboxylic acids is 1. The largest absolute Gasteiger partial charge is 0.390 e. The van der Waals surface area contributed by atoms with Crippen molar-refractivity contribution in [1.29, 1.82) is 0 Å². The summed E-state index contributed by atoms with van der Waals surface area (Å²) in [5.74, 6) is 2.51. The molecule has 8 nitrogen and oxygen atoms in total. The van der Waals surface area contributed by atoms with Crippen LogP contribution in [0.4, 0.5) is 11.4 Å². The van der Waals surface area contributed by atoms with E-state index in [4.69, 9.17) is 0 Å². The van der Waals surface area contributed by atoms with Gasteiger partial charge in [0.05, 0.1) is 23.6 Å². The SMILES string of the molecule is CCNc1cc(C(=O)N[C@@H](Cc2ccccc2)[C@H](O)CNC23CC4CC(CC(C4)C2)C3)cc(N2CCCCS2(O)O)c1. The lowest BCUT2D eigenvalue weighted by Gasteiger charge is -2.57. The molecule has 2 atom stereocenters. The molecular weight excluding hydrogens is 548 g/mol. The highest BCUT2D eigenvalue weighted by molar-refractivity contribution is 8.25. The van der Waals surface area contributed by atoms with Crippen molar-refractivity contribution in [1.82, 2.24) is 10.6 Å². The number of nitrogens with zero attached hydrogens (tertiary/aromatic N) is 1. The number of anilines is 2. The maximum atomic E-state index is 13.8. The van der Waals surface area contributed by atoms with Crippen LogP contribution in [0.2, 0.25) is 0 Å². The maximum absolute atomic E-state index is 13.8. The zero-order valence-corrected chi connectivity index (χ0v) is 25.6. The molecular formula is C33H48N4O4S. The van der Waals surface area contributed by atoms with E-state index in [1.807, 2.05) is 43.3 Å². The monoisotopic (exact) mass is 596 g/mol. The highest BCUT2D eigenvalue weighted by Crippen LogP contribution is 2.55. The van der Waals surface area contributed by atoms with Crippen molar-refractivity contribution >= 4 is 28.1 Å². The Balaban J connectivity index is 1.20. The Morgan fingerprint density at radius 1 is 1.02 bits per heavy atom. The van der Waals surface area contributed by atoms with Gasteiger partial charge in [0.1, 0.15) is 0 Å². The molecule has 6 N–H and O–H groups in total. The zero-order valence-electron chi connectivity index (χ0n) is 24.8. The first-order valence-electron chi connectivity index (χ1n) is 15.9. The summed E-state index contributed by atoms with van der Waals surface area (Å²) in [6, 6.07) is 14.9. The molecule has 1 aliphatic heterocycles. The Morgan fingerprint density at radius 2 is 1.71 bits per heavy atom. The van der Waals surface area contributed by atoms with Crippen molar-refractivity contribution in [3.05, 3.63) is 59.7 Å². The number of hydrogen-bond acceptors (Lipinski definition) is 7. The quantitative estimate of drug-likeness (QED) is 0.199. The van der Waals surface area contributed by atoms with E-state index in [1.54, 1.807) is 16.4 Å². The molecule has 1 amide bonds. The number of benzene rings is 2. The number of aliphatic hydroxyl groups excluding tert-OH is 1. The third-order valence-electron chi connectivity index (χ3n) is 10.0. The molecule has 5 fully saturated rings. The Morgan fingerprint density at radius 3 is 2.36 bits per heavy atom. The van der Waals surface area contributed by atoms with Gasteiger partial charge in [0, 0.05) is 36.4 Å². The van der Waals surface area contributed by atoms with Gasteiger partial charge in [-0.2, -0.15) is 0 Å². The van der Waals surface area contributed by atoms with E-state index in [0.29, 0.717) is 43.1 Å². The normalized spacial score (nSPS) is 30.0. The summed E-state index contributed by atoms with van der Waals surface area (Å²) in [5.41, 5.74) is 3.00. The lowest BCUT2D eigenvalue weighted by atomic mass is 9.53. The predicted molar refractivity (Wildman–Crippen MR) is 171 cm³/mol. The summed E-state index contributed by atoms with van der Waals surface area (Å²) < 4.78 is 23.2. The van der Waals surface area contributed by atoms with Crippen LogP contribution >= 0.6 is 10.8 Å². The van der Waals surface area contributed by atoms with Crippen LogP contribution in [0.25, 0.3) is 0 Å². The van der Waals surface area contributed by atoms with E-state index < -0.39 is 22.9 Å². The Kier molecular flexibility index (Phi) is 8.76. The summed E-state index contributed by atoms with van der Waals surface area (Å²) in [7, 11) is -2.93. The minimum absolute atomic E-state index is 0.129. The highest BCUT2D eigenvalue weighted by Gasteiger charge is 2.50. The molecule has 42 heavy (non-hydrogen) atoms. The standard InChI is InChI=1S/C33H48N4O4S/c1-2-34-28-16-27(17-29(18-28)37-10-6-7-11-42(37,40)41)32(39)36-30(15-23-8-4-3-5-9-23)31(38)22-35-33-19-24-12-25(20-33)14-26(13-24)21-33/h3-5,8-9,16-18,24-26,30-31,34-35,38,40-41H,2,6-7,10-15,19-22H2,1H3,(H,36,39)/t24?,25?,26?,30-,31+,33?/m0/s1. The molecule has 2 aromatic carbocycles. The number of hydrogen-bond donors (Lipinski definition) is 6. The molecule has 0 aromatic heterocycles. The summed E-state index contributed by atoms with van der Waals surface area (Å²) in [5, 5.41) is 21.9. The summed E-state index contributed by atoms with van der Waals surface area (Å²) >= 11 is 0. The molecule has 1 heterocycles. The fourth-order valence-electron chi connectivity index (χ4n) is 8.49. The third-order valence-corrected chi connectivity index (χ3v) is 12.0. The van der Waals surface area contributed by atoms with Crippen LogP contribution in [-0.2, 0) is 6.42 Å². The molecule has 7 rings (SSSR count). The topological polar surface area (TPSA) is 117 Å². The number of β-amino-alcohol motifs (C(OH)–C–C–N with tert-alkyl or cyclic N) is 1. The van der Waals surface area contributed by atoms with Gasteiger partial charge in [0.25, 0.3) is 5.91 Å². The molecule has 9 heteroatoms. The van der Waals surface area contributed by atoms with Crippen molar-refractivity contribution in [2.45, 2.75) is 82.4 Å². The van der Waals surface area contributed by atoms with Gasteiger partial charge >= 0.3 is 0 Å². The molecule has 0 unspecified atom stereocenters. The maximum Gasteiger partial charge on any atom is 0.251 e. The van der Waals surface area contributed by atoms with Crippen molar-refractivity contribution < 1.29 is 19.0 Å². The van der Waals surface area contributed by atoms with Crippen LogP contribution in [0, 0.1) is 17.8 Å². The Bertz CT molecular complexity index is 1210. The van der Waals surface area contributed by atoms with Gasteiger partial charge in [0.15, 0.2) is 0 Å². The molecule has 4 saturated carbocycles. The average Bonchev–Trinajstić information content (AvgIpc) is 2.95. The molecule has 0 spiro atoms. The van der Waals surface area contributed by atoms with Gasteiger partial charge < -0.3 is 21.1 Å². The van der Waals surface area contributed by atoms with Gasteiger partial charge in [-0.25, -0.2) is 0 Å². The lowest BCUT2D eigenvalue weighted by Crippen LogP contribution is -2.61. The van der Waals surface area contributed by atoms with Crippen LogP contribution in [0.15, 0.2) is 48.5 Å². The number of nitrogens with one attached hydrogen (secondary N) is 3. The molecule has 4 bridgehead atoms. The summed E-state index contributed by atoms with van der Waals surface area (Å²) in [6.45, 7) is 3.64. The van der Waals surface area contributed by atoms with Crippen LogP contribution in [0.3, 0.4) is 0 Å². The third kappa shape index (κ3) is 6.60. The summed E-state index contributed by atoms with van der Waals surface area (Å²) in [6.07, 6.45) is 9.13. The second-order valence-electron chi connectivity index (χ2n) is 13.4. The minimum atomic E-state index is -2.93. The minimum Gasteiger partial charge on any atom is -0.390 e. The van der Waals surface area contributed by atoms with Gasteiger partial charge in [-0.05, 0) is 106 Å². The molecule has 2 aromatic rings. The van der Waals surface area contributed by atoms with Crippen LogP contribution in [0.1, 0.15) is 74.2 Å². The van der Waals surface area contributed by atoms with Crippen molar-refractivity contribution in [3.8, 4) is 0 Å². The Labute approximate surface area is 252 Å². The average molecular weight is 597 g/mol. The second kappa shape index (κ2) is 12.4. The van der Waals surface area contributed by atoms with E-state index in [2.05, 4.69) is 16.0 Å². The van der Waals surface area contributed by atoms with E-state index in [0.717, 1.165) is 41.8 Å². The van der Waals surface area contributed by atoms with Crippen LogP contribution < -0.4 is 20.3 Å². The molecule has 230 valence electrons. The van der Waals surface area contributed by atoms with E-state index in [-0.39, 0.29) is 11.4 Å². The lowest BCUT2D eigenvalue weighted by molar-refractivity contribution is -0.0262.